The molecule has 0 aromatic carbocycles. The summed E-state index contributed by atoms with van der Waals surface area (Å²) in [5.74, 6) is 6.70. The van der Waals surface area contributed by atoms with Crippen molar-refractivity contribution < 1.29 is 5.11 Å². The Morgan fingerprint density at radius 3 is 2.89 bits per heavy atom. The smallest absolute Gasteiger partial charge is 0.104 e. The minimum Gasteiger partial charge on any atom is -0.384 e. The van der Waals surface area contributed by atoms with Gasteiger partial charge in [0.25, 0.3) is 0 Å². The second-order valence-corrected chi connectivity index (χ2v) is 6.18. The van der Waals surface area contributed by atoms with E-state index in [-0.39, 0.29) is 6.61 Å². The molecule has 0 amide bonds. The molecule has 0 saturated heterocycles. The number of aliphatic hydroxyl groups is 1. The first-order valence-corrected chi connectivity index (χ1v) is 7.48. The monoisotopic (exact) mass is 263 g/mol. The van der Waals surface area contributed by atoms with Crippen LogP contribution in [0.4, 0.5) is 0 Å². The highest BCUT2D eigenvalue weighted by Gasteiger charge is 2.25. The predicted octanol–water partition coefficient (Wildman–Crippen LogP) is 2.71. The lowest BCUT2D eigenvalue weighted by atomic mass is 10.2. The van der Waals surface area contributed by atoms with Crippen LogP contribution in [-0.4, -0.2) is 29.2 Å². The molecular formula is C15H21NOS. The van der Waals surface area contributed by atoms with Crippen LogP contribution in [-0.2, 0) is 6.54 Å². The summed E-state index contributed by atoms with van der Waals surface area (Å²) >= 11 is 1.77. The number of nitrogens with zero attached hydrogens (tertiary/aromatic N) is 1. The van der Waals surface area contributed by atoms with Crippen molar-refractivity contribution >= 4 is 11.3 Å². The summed E-state index contributed by atoms with van der Waals surface area (Å²) in [6.45, 7) is 6.65. The summed E-state index contributed by atoms with van der Waals surface area (Å²) in [5, 5.41) is 10.9. The van der Waals surface area contributed by atoms with Gasteiger partial charge in [-0.25, -0.2) is 0 Å². The molecule has 1 aromatic rings. The molecule has 0 bridgehead atoms. The summed E-state index contributed by atoms with van der Waals surface area (Å²) in [7, 11) is 0. The van der Waals surface area contributed by atoms with Crippen molar-refractivity contribution in [1.82, 2.24) is 4.90 Å². The zero-order valence-corrected chi connectivity index (χ0v) is 12.0. The van der Waals surface area contributed by atoms with E-state index >= 15 is 0 Å². The van der Waals surface area contributed by atoms with Crippen molar-refractivity contribution in [2.24, 2.45) is 5.92 Å². The number of aliphatic hydroxyl groups excluding tert-OH is 1. The molecule has 0 spiro atoms. The van der Waals surface area contributed by atoms with Crippen LogP contribution in [0.2, 0.25) is 0 Å². The highest BCUT2D eigenvalue weighted by Crippen LogP contribution is 2.31. The largest absolute Gasteiger partial charge is 0.384 e. The Kier molecular flexibility index (Phi) is 4.82. The van der Waals surface area contributed by atoms with Crippen molar-refractivity contribution in [2.75, 3.05) is 13.2 Å². The molecule has 18 heavy (non-hydrogen) atoms. The Hall–Kier alpha value is -0.820. The van der Waals surface area contributed by atoms with Gasteiger partial charge in [-0.15, -0.1) is 11.3 Å². The second-order valence-electron chi connectivity index (χ2n) is 5.18. The fraction of sp³-hybridized carbons (Fsp3) is 0.600. The van der Waals surface area contributed by atoms with Crippen molar-refractivity contribution in [1.29, 1.82) is 0 Å². The Labute approximate surface area is 114 Å². The molecule has 1 fully saturated rings. The zero-order chi connectivity index (χ0) is 13.0. The van der Waals surface area contributed by atoms with E-state index in [2.05, 4.69) is 42.0 Å². The summed E-state index contributed by atoms with van der Waals surface area (Å²) in [6.07, 6.45) is 2.79. The van der Waals surface area contributed by atoms with Crippen LogP contribution >= 0.6 is 11.3 Å². The third-order valence-electron chi connectivity index (χ3n) is 3.31. The van der Waals surface area contributed by atoms with Gasteiger partial charge >= 0.3 is 0 Å². The van der Waals surface area contributed by atoms with Crippen molar-refractivity contribution in [3.05, 3.63) is 21.9 Å². The van der Waals surface area contributed by atoms with Crippen LogP contribution in [0.3, 0.4) is 0 Å². The van der Waals surface area contributed by atoms with E-state index in [4.69, 9.17) is 5.11 Å². The van der Waals surface area contributed by atoms with E-state index in [9.17, 15) is 0 Å². The molecule has 0 atom stereocenters. The molecule has 1 aromatic heterocycles. The zero-order valence-electron chi connectivity index (χ0n) is 11.1. The van der Waals surface area contributed by atoms with Crippen molar-refractivity contribution in [3.63, 3.8) is 0 Å². The van der Waals surface area contributed by atoms with Crippen LogP contribution in [0.1, 0.15) is 37.1 Å². The fourth-order valence-corrected chi connectivity index (χ4v) is 2.84. The Balaban J connectivity index is 2.03. The maximum absolute atomic E-state index is 8.77. The van der Waals surface area contributed by atoms with Crippen molar-refractivity contribution in [3.8, 4) is 11.8 Å². The van der Waals surface area contributed by atoms with E-state index in [1.807, 2.05) is 0 Å². The maximum Gasteiger partial charge on any atom is 0.104 e. The molecule has 1 aliphatic carbocycles. The molecule has 2 nitrogen and oxygen atoms in total. The van der Waals surface area contributed by atoms with Gasteiger partial charge in [-0.05, 0) is 44.1 Å². The first-order chi connectivity index (χ1) is 8.70. The van der Waals surface area contributed by atoms with Gasteiger partial charge < -0.3 is 5.11 Å². The topological polar surface area (TPSA) is 23.5 Å². The maximum atomic E-state index is 8.77. The molecule has 0 aliphatic heterocycles. The average Bonchev–Trinajstić information content (AvgIpc) is 3.05. The molecule has 0 radical (unpaired) electrons. The average molecular weight is 263 g/mol. The van der Waals surface area contributed by atoms with E-state index in [0.717, 1.165) is 18.0 Å². The highest BCUT2D eigenvalue weighted by atomic mass is 32.1. The molecule has 3 heteroatoms. The summed E-state index contributed by atoms with van der Waals surface area (Å²) in [5.41, 5.74) is 1.08. The second kappa shape index (κ2) is 6.38. The minimum absolute atomic E-state index is 0.0642. The lowest BCUT2D eigenvalue weighted by Crippen LogP contribution is -2.32. The van der Waals surface area contributed by atoms with Gasteiger partial charge in [-0.3, -0.25) is 4.90 Å². The number of hydrogen-bond donors (Lipinski definition) is 1. The van der Waals surface area contributed by atoms with Crippen LogP contribution in [0, 0.1) is 17.8 Å². The normalized spacial score (nSPS) is 14.9. The molecule has 1 heterocycles. The third-order valence-corrected chi connectivity index (χ3v) is 4.22. The van der Waals surface area contributed by atoms with Gasteiger partial charge in [0, 0.05) is 29.6 Å². The number of hydrogen-bond acceptors (Lipinski definition) is 3. The SMILES string of the molecule is CC(C)N(Cc1sccc1C#CCO)CC1CC1. The molecule has 98 valence electrons. The van der Waals surface area contributed by atoms with E-state index < -0.39 is 0 Å². The summed E-state index contributed by atoms with van der Waals surface area (Å²) in [4.78, 5) is 3.86. The Bertz CT molecular complexity index is 437. The molecule has 1 N–H and O–H groups in total. The quantitative estimate of drug-likeness (QED) is 0.826. The van der Waals surface area contributed by atoms with Gasteiger partial charge in [0.15, 0.2) is 0 Å². The molecule has 1 aliphatic rings. The number of thiophene rings is 1. The van der Waals surface area contributed by atoms with Crippen LogP contribution in [0.5, 0.6) is 0 Å². The van der Waals surface area contributed by atoms with Crippen LogP contribution in [0.15, 0.2) is 11.4 Å². The summed E-state index contributed by atoms with van der Waals surface area (Å²) < 4.78 is 0. The van der Waals surface area contributed by atoms with Crippen molar-refractivity contribution in [2.45, 2.75) is 39.3 Å². The van der Waals surface area contributed by atoms with Gasteiger partial charge in [-0.1, -0.05) is 11.8 Å². The molecule has 0 unspecified atom stereocenters. The number of rotatable bonds is 5. The lowest BCUT2D eigenvalue weighted by Gasteiger charge is -2.26. The van der Waals surface area contributed by atoms with Crippen LogP contribution in [0.25, 0.3) is 0 Å². The minimum atomic E-state index is -0.0642. The highest BCUT2D eigenvalue weighted by molar-refractivity contribution is 7.10. The fourth-order valence-electron chi connectivity index (χ4n) is 1.98. The molecule has 2 rings (SSSR count). The van der Waals surface area contributed by atoms with E-state index in [1.165, 1.54) is 24.3 Å². The van der Waals surface area contributed by atoms with E-state index in [0.29, 0.717) is 6.04 Å². The van der Waals surface area contributed by atoms with Gasteiger partial charge in [0.05, 0.1) is 0 Å². The molecule has 1 saturated carbocycles. The van der Waals surface area contributed by atoms with Gasteiger partial charge in [0.2, 0.25) is 0 Å². The standard InChI is InChI=1S/C15H21NOS/c1-12(2)16(10-13-5-6-13)11-15-14(4-3-8-17)7-9-18-15/h7,9,12-13,17H,5-6,8,10-11H2,1-2H3. The summed E-state index contributed by atoms with van der Waals surface area (Å²) in [6, 6.07) is 2.63. The predicted molar refractivity (Wildman–Crippen MR) is 76.6 cm³/mol. The Morgan fingerprint density at radius 2 is 2.28 bits per heavy atom. The first kappa shape index (κ1) is 13.6. The van der Waals surface area contributed by atoms with Crippen LogP contribution < -0.4 is 0 Å². The van der Waals surface area contributed by atoms with E-state index in [1.54, 1.807) is 11.3 Å². The van der Waals surface area contributed by atoms with Gasteiger partial charge in [-0.2, -0.15) is 0 Å². The van der Waals surface area contributed by atoms with Gasteiger partial charge in [0.1, 0.15) is 6.61 Å². The molecular weight excluding hydrogens is 242 g/mol. The third kappa shape index (κ3) is 3.84. The first-order valence-electron chi connectivity index (χ1n) is 6.61. The lowest BCUT2D eigenvalue weighted by molar-refractivity contribution is 0.205. The Morgan fingerprint density at radius 1 is 1.50 bits per heavy atom.